The summed E-state index contributed by atoms with van der Waals surface area (Å²) in [6.07, 6.45) is -4.81. The van der Waals surface area contributed by atoms with Gasteiger partial charge in [-0.15, -0.1) is 0 Å². The largest absolute Gasteiger partial charge is 0.481 e. The van der Waals surface area contributed by atoms with Crippen LogP contribution in [0.4, 0.5) is 17.6 Å². The van der Waals surface area contributed by atoms with Gasteiger partial charge in [-0.25, -0.2) is 9.18 Å². The highest BCUT2D eigenvalue weighted by atomic mass is 35.5. The molecule has 0 fully saturated rings. The molecule has 6 nitrogen and oxygen atoms in total. The summed E-state index contributed by atoms with van der Waals surface area (Å²) < 4.78 is 67.3. The summed E-state index contributed by atoms with van der Waals surface area (Å²) in [6, 6.07) is 10.0. The molecule has 0 atom stereocenters. The topological polar surface area (TPSA) is 83.6 Å². The van der Waals surface area contributed by atoms with Gasteiger partial charge in [-0.2, -0.15) is 13.2 Å². The van der Waals surface area contributed by atoms with E-state index in [4.69, 9.17) is 22.1 Å². The Morgan fingerprint density at radius 1 is 1.06 bits per heavy atom. The second-order valence-electron chi connectivity index (χ2n) is 7.55. The van der Waals surface area contributed by atoms with Gasteiger partial charge in [0.2, 0.25) is 5.91 Å². The number of rotatable bonds is 6. The number of halogens is 5. The third-order valence-electron chi connectivity index (χ3n) is 5.52. The Labute approximate surface area is 200 Å². The van der Waals surface area contributed by atoms with Crippen molar-refractivity contribution in [2.75, 3.05) is 13.7 Å². The van der Waals surface area contributed by atoms with Crippen LogP contribution >= 0.6 is 11.6 Å². The van der Waals surface area contributed by atoms with Crippen molar-refractivity contribution in [2.45, 2.75) is 12.7 Å². The molecular formula is C24H17ClF4N2O4. The maximum Gasteiger partial charge on any atom is 0.416 e. The molecule has 4 aromatic rings. The number of benzene rings is 3. The van der Waals surface area contributed by atoms with Crippen molar-refractivity contribution in [2.24, 2.45) is 5.73 Å². The molecule has 2 N–H and O–H groups in total. The Balaban J connectivity index is 2.07. The fourth-order valence-electron chi connectivity index (χ4n) is 4.03. The molecule has 0 saturated carbocycles. The molecule has 35 heavy (non-hydrogen) atoms. The van der Waals surface area contributed by atoms with Crippen LogP contribution in [0.1, 0.15) is 21.5 Å². The van der Waals surface area contributed by atoms with E-state index >= 15 is 0 Å². The highest BCUT2D eigenvalue weighted by molar-refractivity contribution is 6.37. The first-order valence-corrected chi connectivity index (χ1v) is 10.5. The Bertz CT molecular complexity index is 1480. The third kappa shape index (κ3) is 4.37. The summed E-state index contributed by atoms with van der Waals surface area (Å²) in [5.41, 5.74) is 4.29. The SMILES string of the molecule is COC(=O)COc1ccc(Cl)c2c1c1c(C(N)=O)cccc1n2Cc1c(F)cccc1C(F)(F)F. The van der Waals surface area contributed by atoms with E-state index < -0.39 is 48.1 Å². The van der Waals surface area contributed by atoms with E-state index in [-0.39, 0.29) is 38.1 Å². The molecule has 1 amide bonds. The minimum absolute atomic E-state index is 0.0426. The summed E-state index contributed by atoms with van der Waals surface area (Å²) in [6.45, 7) is -1.05. The summed E-state index contributed by atoms with van der Waals surface area (Å²) in [5.74, 6) is -2.45. The number of primary amides is 1. The van der Waals surface area contributed by atoms with Gasteiger partial charge in [0.05, 0.1) is 40.7 Å². The van der Waals surface area contributed by atoms with Crippen LogP contribution in [0.2, 0.25) is 5.02 Å². The third-order valence-corrected chi connectivity index (χ3v) is 5.83. The smallest absolute Gasteiger partial charge is 0.416 e. The summed E-state index contributed by atoms with van der Waals surface area (Å²) in [7, 11) is 1.17. The number of hydrogen-bond acceptors (Lipinski definition) is 4. The predicted molar refractivity (Wildman–Crippen MR) is 121 cm³/mol. The van der Waals surface area contributed by atoms with Gasteiger partial charge in [0.1, 0.15) is 11.6 Å². The van der Waals surface area contributed by atoms with E-state index in [0.29, 0.717) is 0 Å². The van der Waals surface area contributed by atoms with E-state index in [1.807, 2.05) is 0 Å². The molecular weight excluding hydrogens is 492 g/mol. The van der Waals surface area contributed by atoms with Crippen molar-refractivity contribution >= 4 is 45.3 Å². The second-order valence-corrected chi connectivity index (χ2v) is 7.95. The van der Waals surface area contributed by atoms with Gasteiger partial charge in [0.25, 0.3) is 0 Å². The van der Waals surface area contributed by atoms with Crippen molar-refractivity contribution in [1.29, 1.82) is 0 Å². The van der Waals surface area contributed by atoms with Crippen molar-refractivity contribution in [3.05, 3.63) is 76.1 Å². The molecule has 0 aliphatic carbocycles. The summed E-state index contributed by atoms with van der Waals surface area (Å²) >= 11 is 6.46. The van der Waals surface area contributed by atoms with Crippen molar-refractivity contribution < 1.29 is 36.6 Å². The summed E-state index contributed by atoms with van der Waals surface area (Å²) in [4.78, 5) is 23.9. The molecule has 0 radical (unpaired) electrons. The highest BCUT2D eigenvalue weighted by Crippen LogP contribution is 2.42. The predicted octanol–water partition coefficient (Wildman–Crippen LogP) is 5.30. The molecule has 1 heterocycles. The van der Waals surface area contributed by atoms with Gasteiger partial charge < -0.3 is 19.8 Å². The van der Waals surface area contributed by atoms with E-state index in [0.717, 1.165) is 18.2 Å². The molecule has 0 aliphatic heterocycles. The maximum atomic E-state index is 14.7. The zero-order valence-electron chi connectivity index (χ0n) is 18.1. The average Bonchev–Trinajstić information content (AvgIpc) is 3.14. The highest BCUT2D eigenvalue weighted by Gasteiger charge is 2.35. The Morgan fingerprint density at radius 2 is 1.77 bits per heavy atom. The second kappa shape index (κ2) is 9.10. The molecule has 0 aliphatic rings. The van der Waals surface area contributed by atoms with Gasteiger partial charge >= 0.3 is 12.1 Å². The van der Waals surface area contributed by atoms with Gasteiger partial charge in [0, 0.05) is 16.5 Å². The van der Waals surface area contributed by atoms with Crippen LogP contribution in [0.25, 0.3) is 21.8 Å². The van der Waals surface area contributed by atoms with Crippen LogP contribution in [0, 0.1) is 5.82 Å². The molecule has 0 bridgehead atoms. The van der Waals surface area contributed by atoms with Crippen LogP contribution in [0.15, 0.2) is 48.5 Å². The number of esters is 1. The van der Waals surface area contributed by atoms with Crippen LogP contribution < -0.4 is 10.5 Å². The van der Waals surface area contributed by atoms with E-state index in [1.165, 1.54) is 42.0 Å². The Hall–Kier alpha value is -3.79. The monoisotopic (exact) mass is 508 g/mol. The first-order chi connectivity index (χ1) is 16.5. The summed E-state index contributed by atoms with van der Waals surface area (Å²) in [5, 5.41) is 0.569. The van der Waals surface area contributed by atoms with Crippen molar-refractivity contribution in [1.82, 2.24) is 4.57 Å². The van der Waals surface area contributed by atoms with Crippen LogP contribution in [0.3, 0.4) is 0 Å². The fourth-order valence-corrected chi connectivity index (χ4v) is 4.29. The number of ether oxygens (including phenoxy) is 2. The van der Waals surface area contributed by atoms with Crippen molar-refractivity contribution in [3.63, 3.8) is 0 Å². The number of fused-ring (bicyclic) bond motifs is 3. The zero-order valence-corrected chi connectivity index (χ0v) is 18.8. The minimum Gasteiger partial charge on any atom is -0.481 e. The van der Waals surface area contributed by atoms with E-state index in [2.05, 4.69) is 4.74 Å². The quantitative estimate of drug-likeness (QED) is 0.283. The standard InChI is InChI=1S/C24H17ClF4N2O4/c1-34-19(32)11-35-18-9-8-15(25)22-21(18)20-12(23(30)33)4-2-7-17(20)31(22)10-13-14(24(27,28)29)5-3-6-16(13)26/h2-9H,10-11H2,1H3,(H2,30,33). The van der Waals surface area contributed by atoms with Crippen molar-refractivity contribution in [3.8, 4) is 5.75 Å². The number of alkyl halides is 3. The van der Waals surface area contributed by atoms with Crippen LogP contribution in [0.5, 0.6) is 5.75 Å². The van der Waals surface area contributed by atoms with Gasteiger partial charge in [-0.05, 0) is 36.4 Å². The molecule has 3 aromatic carbocycles. The van der Waals surface area contributed by atoms with E-state index in [1.54, 1.807) is 0 Å². The lowest BCUT2D eigenvalue weighted by Crippen LogP contribution is -2.14. The first-order valence-electron chi connectivity index (χ1n) is 10.1. The Kier molecular flexibility index (Phi) is 6.33. The number of carbonyl (C=O) groups is 2. The lowest BCUT2D eigenvalue weighted by atomic mass is 10.1. The average molecular weight is 509 g/mol. The number of hydrogen-bond donors (Lipinski definition) is 1. The minimum atomic E-state index is -4.81. The molecule has 11 heteroatoms. The number of nitrogens with zero attached hydrogens (tertiary/aromatic N) is 1. The normalized spacial score (nSPS) is 11.7. The van der Waals surface area contributed by atoms with Gasteiger partial charge in [0.15, 0.2) is 6.61 Å². The maximum absolute atomic E-state index is 14.7. The number of nitrogens with two attached hydrogens (primary N) is 1. The molecule has 4 rings (SSSR count). The van der Waals surface area contributed by atoms with Gasteiger partial charge in [-0.3, -0.25) is 4.79 Å². The number of amides is 1. The number of carbonyl (C=O) groups excluding carboxylic acids is 2. The molecule has 182 valence electrons. The first kappa shape index (κ1) is 24.3. The lowest BCUT2D eigenvalue weighted by molar-refractivity contribution is -0.143. The Morgan fingerprint density at radius 3 is 2.43 bits per heavy atom. The van der Waals surface area contributed by atoms with Gasteiger partial charge in [-0.1, -0.05) is 23.7 Å². The molecule has 0 unspecified atom stereocenters. The zero-order chi connectivity index (χ0) is 25.5. The molecule has 0 saturated heterocycles. The molecule has 1 aromatic heterocycles. The van der Waals surface area contributed by atoms with E-state index in [9.17, 15) is 27.2 Å². The molecule has 0 spiro atoms. The number of aromatic nitrogens is 1. The number of methoxy groups -OCH3 is 1. The lowest BCUT2D eigenvalue weighted by Gasteiger charge is -2.16. The van der Waals surface area contributed by atoms with Crippen LogP contribution in [-0.2, 0) is 22.3 Å². The van der Waals surface area contributed by atoms with Crippen LogP contribution in [-0.4, -0.2) is 30.2 Å². The fraction of sp³-hybridized carbons (Fsp3) is 0.167.